The zero-order chi connectivity index (χ0) is 14.6. The number of amides is 1. The van der Waals surface area contributed by atoms with Gasteiger partial charge in [-0.1, -0.05) is 13.8 Å². The number of hydrogen-bond acceptors (Lipinski definition) is 5. The first-order valence-corrected chi connectivity index (χ1v) is 6.55. The van der Waals surface area contributed by atoms with Gasteiger partial charge in [0.05, 0.1) is 13.2 Å². The third kappa shape index (κ3) is 2.72. The van der Waals surface area contributed by atoms with Gasteiger partial charge in [0.25, 0.3) is 0 Å². The van der Waals surface area contributed by atoms with E-state index in [0.717, 1.165) is 0 Å². The molecule has 1 aliphatic rings. The van der Waals surface area contributed by atoms with Crippen LogP contribution in [0.1, 0.15) is 34.1 Å². The minimum atomic E-state index is -1.70. The van der Waals surface area contributed by atoms with Gasteiger partial charge in [-0.15, -0.1) is 0 Å². The van der Waals surface area contributed by atoms with Crippen LogP contribution in [0.3, 0.4) is 0 Å². The standard InChI is InChI=1S/C13H21NO5/c1-5-18-11(16)13(12(17)19-6-2)9(8(3)4)7-10(15)14-13/h8-9H,5-7H2,1-4H3,(H,14,15)/t9-/m1/s1. The first kappa shape index (κ1) is 15.5. The summed E-state index contributed by atoms with van der Waals surface area (Å²) in [5.41, 5.74) is -1.70. The molecule has 0 aliphatic carbocycles. The summed E-state index contributed by atoms with van der Waals surface area (Å²) in [6.45, 7) is 7.30. The molecular formula is C13H21NO5. The van der Waals surface area contributed by atoms with Gasteiger partial charge in [0.2, 0.25) is 11.4 Å². The molecule has 6 heteroatoms. The highest BCUT2D eigenvalue weighted by atomic mass is 16.6. The Kier molecular flexibility index (Phi) is 4.91. The molecule has 0 radical (unpaired) electrons. The van der Waals surface area contributed by atoms with Crippen LogP contribution in [0, 0.1) is 11.8 Å². The van der Waals surface area contributed by atoms with E-state index in [1.54, 1.807) is 13.8 Å². The highest BCUT2D eigenvalue weighted by Gasteiger charge is 2.61. The van der Waals surface area contributed by atoms with Crippen LogP contribution in [-0.4, -0.2) is 36.6 Å². The molecule has 0 aromatic carbocycles. The Morgan fingerprint density at radius 2 is 1.74 bits per heavy atom. The van der Waals surface area contributed by atoms with Crippen LogP contribution in [0.4, 0.5) is 0 Å². The van der Waals surface area contributed by atoms with Gasteiger partial charge in [-0.05, 0) is 19.8 Å². The molecule has 0 bridgehead atoms. The molecule has 6 nitrogen and oxygen atoms in total. The van der Waals surface area contributed by atoms with Crippen LogP contribution in [0.15, 0.2) is 0 Å². The largest absolute Gasteiger partial charge is 0.464 e. The van der Waals surface area contributed by atoms with Gasteiger partial charge >= 0.3 is 11.9 Å². The van der Waals surface area contributed by atoms with E-state index in [4.69, 9.17) is 9.47 Å². The number of esters is 2. The quantitative estimate of drug-likeness (QED) is 0.586. The van der Waals surface area contributed by atoms with Crippen molar-refractivity contribution in [3.63, 3.8) is 0 Å². The first-order chi connectivity index (χ1) is 8.90. The summed E-state index contributed by atoms with van der Waals surface area (Å²) in [5.74, 6) is -2.30. The molecule has 0 aromatic rings. The Bertz CT molecular complexity index is 359. The van der Waals surface area contributed by atoms with Crippen LogP contribution in [0.5, 0.6) is 0 Å². The molecule has 1 amide bonds. The van der Waals surface area contributed by atoms with Gasteiger partial charge in [-0.25, -0.2) is 9.59 Å². The number of hydrogen-bond donors (Lipinski definition) is 1. The highest BCUT2D eigenvalue weighted by Crippen LogP contribution is 2.35. The minimum absolute atomic E-state index is 0.0345. The summed E-state index contributed by atoms with van der Waals surface area (Å²) in [7, 11) is 0. The van der Waals surface area contributed by atoms with E-state index in [1.165, 1.54) is 0 Å². The number of ether oxygens (including phenoxy) is 2. The van der Waals surface area contributed by atoms with Crippen LogP contribution < -0.4 is 5.32 Å². The second-order valence-corrected chi connectivity index (χ2v) is 4.85. The Balaban J connectivity index is 3.20. The SMILES string of the molecule is CCOC(=O)C1(C(=O)OCC)NC(=O)C[C@@H]1C(C)C. The van der Waals surface area contributed by atoms with E-state index in [0.29, 0.717) is 0 Å². The third-order valence-electron chi connectivity index (χ3n) is 3.30. The smallest absolute Gasteiger partial charge is 0.344 e. The van der Waals surface area contributed by atoms with Crippen molar-refractivity contribution in [1.82, 2.24) is 5.32 Å². The molecule has 1 fully saturated rings. The molecule has 1 N–H and O–H groups in total. The summed E-state index contributed by atoms with van der Waals surface area (Å²) in [6, 6.07) is 0. The van der Waals surface area contributed by atoms with Crippen molar-refractivity contribution >= 4 is 17.8 Å². The lowest BCUT2D eigenvalue weighted by molar-refractivity contribution is -0.169. The van der Waals surface area contributed by atoms with Gasteiger partial charge in [0.1, 0.15) is 0 Å². The average Bonchev–Trinajstić information content (AvgIpc) is 2.69. The van der Waals surface area contributed by atoms with Crippen molar-refractivity contribution in [2.45, 2.75) is 39.7 Å². The zero-order valence-corrected chi connectivity index (χ0v) is 11.8. The maximum atomic E-state index is 12.2. The molecular weight excluding hydrogens is 250 g/mol. The predicted octanol–water partition coefficient (Wildman–Crippen LogP) is 0.643. The summed E-state index contributed by atoms with van der Waals surface area (Å²) in [6.07, 6.45) is 0.120. The molecule has 1 atom stereocenters. The molecule has 0 aromatic heterocycles. The fourth-order valence-corrected chi connectivity index (χ4v) is 2.43. The van der Waals surface area contributed by atoms with E-state index in [9.17, 15) is 14.4 Å². The van der Waals surface area contributed by atoms with Gasteiger partial charge in [-0.2, -0.15) is 0 Å². The lowest BCUT2D eigenvalue weighted by atomic mass is 9.78. The Labute approximate surface area is 112 Å². The summed E-state index contributed by atoms with van der Waals surface area (Å²) in [5, 5.41) is 2.48. The Morgan fingerprint density at radius 1 is 1.26 bits per heavy atom. The lowest BCUT2D eigenvalue weighted by Gasteiger charge is -2.32. The molecule has 1 rings (SSSR count). The third-order valence-corrected chi connectivity index (χ3v) is 3.30. The van der Waals surface area contributed by atoms with Gasteiger partial charge < -0.3 is 14.8 Å². The molecule has 0 spiro atoms. The molecule has 108 valence electrons. The number of carbonyl (C=O) groups is 3. The highest BCUT2D eigenvalue weighted by molar-refractivity contribution is 6.10. The first-order valence-electron chi connectivity index (χ1n) is 6.55. The van der Waals surface area contributed by atoms with Gasteiger partial charge in [0, 0.05) is 12.3 Å². The fraction of sp³-hybridized carbons (Fsp3) is 0.769. The van der Waals surface area contributed by atoms with Crippen molar-refractivity contribution < 1.29 is 23.9 Å². The Hall–Kier alpha value is -1.59. The molecule has 1 aliphatic heterocycles. The second kappa shape index (κ2) is 6.04. The number of rotatable bonds is 5. The molecule has 19 heavy (non-hydrogen) atoms. The normalized spacial score (nSPS) is 21.1. The molecule has 0 saturated carbocycles. The predicted molar refractivity (Wildman–Crippen MR) is 67.1 cm³/mol. The number of nitrogens with one attached hydrogen (secondary N) is 1. The second-order valence-electron chi connectivity index (χ2n) is 4.85. The summed E-state index contributed by atoms with van der Waals surface area (Å²) < 4.78 is 9.94. The summed E-state index contributed by atoms with van der Waals surface area (Å²) in [4.78, 5) is 36.1. The maximum Gasteiger partial charge on any atom is 0.344 e. The van der Waals surface area contributed by atoms with E-state index in [2.05, 4.69) is 5.32 Å². The van der Waals surface area contributed by atoms with Gasteiger partial charge in [0.15, 0.2) is 0 Å². The monoisotopic (exact) mass is 271 g/mol. The van der Waals surface area contributed by atoms with E-state index < -0.39 is 23.4 Å². The van der Waals surface area contributed by atoms with Crippen LogP contribution in [-0.2, 0) is 23.9 Å². The zero-order valence-electron chi connectivity index (χ0n) is 11.8. The topological polar surface area (TPSA) is 81.7 Å². The van der Waals surface area contributed by atoms with Crippen molar-refractivity contribution in [2.24, 2.45) is 11.8 Å². The summed E-state index contributed by atoms with van der Waals surface area (Å²) >= 11 is 0. The van der Waals surface area contributed by atoms with Crippen LogP contribution >= 0.6 is 0 Å². The fourth-order valence-electron chi connectivity index (χ4n) is 2.43. The van der Waals surface area contributed by atoms with Crippen molar-refractivity contribution in [1.29, 1.82) is 0 Å². The van der Waals surface area contributed by atoms with Crippen LogP contribution in [0.25, 0.3) is 0 Å². The average molecular weight is 271 g/mol. The van der Waals surface area contributed by atoms with Crippen LogP contribution in [0.2, 0.25) is 0 Å². The lowest BCUT2D eigenvalue weighted by Crippen LogP contribution is -2.61. The van der Waals surface area contributed by atoms with Crippen molar-refractivity contribution in [2.75, 3.05) is 13.2 Å². The van der Waals surface area contributed by atoms with Crippen molar-refractivity contribution in [3.05, 3.63) is 0 Å². The van der Waals surface area contributed by atoms with Crippen molar-refractivity contribution in [3.8, 4) is 0 Å². The maximum absolute atomic E-state index is 12.2. The molecule has 0 unspecified atom stereocenters. The van der Waals surface area contributed by atoms with Gasteiger partial charge in [-0.3, -0.25) is 4.79 Å². The van der Waals surface area contributed by atoms with E-state index >= 15 is 0 Å². The molecule has 1 heterocycles. The molecule has 1 saturated heterocycles. The Morgan fingerprint density at radius 3 is 2.11 bits per heavy atom. The minimum Gasteiger partial charge on any atom is -0.464 e. The number of carbonyl (C=O) groups excluding carboxylic acids is 3. The van der Waals surface area contributed by atoms with E-state index in [-0.39, 0.29) is 31.5 Å². The van der Waals surface area contributed by atoms with E-state index in [1.807, 2.05) is 13.8 Å².